The second kappa shape index (κ2) is 7.87. The number of ether oxygens (including phenoxy) is 1. The number of hydrogen-bond acceptors (Lipinski definition) is 5. The Morgan fingerprint density at radius 2 is 2.00 bits per heavy atom. The van der Waals surface area contributed by atoms with Crippen molar-refractivity contribution in [3.05, 3.63) is 46.4 Å². The predicted octanol–water partition coefficient (Wildman–Crippen LogP) is 3.80. The number of nitrogens with zero attached hydrogens (tertiary/aromatic N) is 1. The molecular weight excluding hydrogens is 422 g/mol. The van der Waals surface area contributed by atoms with Gasteiger partial charge in [-0.1, -0.05) is 12.1 Å². The van der Waals surface area contributed by atoms with Crippen molar-refractivity contribution < 1.29 is 14.3 Å². The molecule has 4 aliphatic carbocycles. The summed E-state index contributed by atoms with van der Waals surface area (Å²) >= 11 is 1.54. The van der Waals surface area contributed by atoms with Gasteiger partial charge in [-0.05, 0) is 81.4 Å². The highest BCUT2D eigenvalue weighted by Crippen LogP contribution is 2.60. The second-order valence-electron chi connectivity index (χ2n) is 10.5. The van der Waals surface area contributed by atoms with E-state index >= 15 is 0 Å². The zero-order valence-corrected chi connectivity index (χ0v) is 19.5. The molecule has 4 bridgehead atoms. The minimum absolute atomic E-state index is 0.0275. The van der Waals surface area contributed by atoms with Crippen molar-refractivity contribution in [3.63, 3.8) is 0 Å². The Bertz CT molecular complexity index is 1000. The normalized spacial score (nSPS) is 30.8. The number of hydrogen-bond donors (Lipinski definition) is 2. The maximum Gasteiger partial charge on any atom is 0.230 e. The van der Waals surface area contributed by atoms with Gasteiger partial charge in [0.05, 0.1) is 16.6 Å². The second-order valence-corrected chi connectivity index (χ2v) is 11.3. The van der Waals surface area contributed by atoms with Crippen LogP contribution in [0, 0.1) is 23.2 Å². The molecule has 4 fully saturated rings. The lowest BCUT2D eigenvalue weighted by Gasteiger charge is -2.59. The summed E-state index contributed by atoms with van der Waals surface area (Å²) in [6.45, 7) is 4.33. The van der Waals surface area contributed by atoms with Crippen molar-refractivity contribution in [3.8, 4) is 5.75 Å². The quantitative estimate of drug-likeness (QED) is 0.667. The Hall–Kier alpha value is -2.41. The smallest absolute Gasteiger partial charge is 0.230 e. The summed E-state index contributed by atoms with van der Waals surface area (Å²) in [5.74, 6) is 1.89. The molecule has 0 spiro atoms. The van der Waals surface area contributed by atoms with Crippen LogP contribution in [0.3, 0.4) is 0 Å². The fraction of sp³-hybridized carbons (Fsp3) is 0.560. The molecule has 2 unspecified atom stereocenters. The van der Waals surface area contributed by atoms with E-state index in [9.17, 15) is 9.59 Å². The van der Waals surface area contributed by atoms with Gasteiger partial charge in [0.1, 0.15) is 12.4 Å². The first-order valence-electron chi connectivity index (χ1n) is 11.5. The molecule has 170 valence electrons. The molecule has 7 heteroatoms. The summed E-state index contributed by atoms with van der Waals surface area (Å²) in [6.07, 6.45) is 4.77. The van der Waals surface area contributed by atoms with E-state index in [0.717, 1.165) is 49.1 Å². The highest BCUT2D eigenvalue weighted by atomic mass is 32.1. The van der Waals surface area contributed by atoms with Gasteiger partial charge in [-0.25, -0.2) is 4.98 Å². The first kappa shape index (κ1) is 21.4. The topological polar surface area (TPSA) is 94.3 Å². The maximum atomic E-state index is 13.5. The number of carbonyl (C=O) groups excluding carboxylic acids is 2. The summed E-state index contributed by atoms with van der Waals surface area (Å²) in [7, 11) is 0. The average Bonchev–Trinajstić information content (AvgIpc) is 3.28. The van der Waals surface area contributed by atoms with E-state index in [4.69, 9.17) is 10.5 Å². The molecule has 1 heterocycles. The number of nitrogens with one attached hydrogen (secondary N) is 1. The van der Waals surface area contributed by atoms with Gasteiger partial charge in [0.15, 0.2) is 0 Å². The van der Waals surface area contributed by atoms with Crippen LogP contribution in [0.5, 0.6) is 5.75 Å². The van der Waals surface area contributed by atoms with Gasteiger partial charge in [-0.15, -0.1) is 11.3 Å². The standard InChI is InChI=1S/C25H31N3O3S/c1-24(2,18-4-3-5-20(8-18)31-12-19-13-32-14-27-19)23(30)28-21-16-6-15-7-17(21)11-25(9-15,10-16)22(26)29/h3-5,8,13-17,21H,6-7,9-12H2,1-2H3,(H2,26,29)(H,28,30). The zero-order valence-electron chi connectivity index (χ0n) is 18.7. The van der Waals surface area contributed by atoms with Crippen molar-refractivity contribution in [2.75, 3.05) is 0 Å². The van der Waals surface area contributed by atoms with Crippen molar-refractivity contribution in [2.45, 2.75) is 64.0 Å². The minimum Gasteiger partial charge on any atom is -0.487 e. The molecule has 4 saturated carbocycles. The number of benzene rings is 1. The van der Waals surface area contributed by atoms with Crippen LogP contribution in [0.1, 0.15) is 57.2 Å². The van der Waals surface area contributed by atoms with E-state index in [2.05, 4.69) is 10.3 Å². The third-order valence-corrected chi connectivity index (χ3v) is 8.72. The fourth-order valence-electron chi connectivity index (χ4n) is 6.47. The predicted molar refractivity (Wildman–Crippen MR) is 123 cm³/mol. The van der Waals surface area contributed by atoms with Crippen LogP contribution in [0.2, 0.25) is 0 Å². The summed E-state index contributed by atoms with van der Waals surface area (Å²) in [6, 6.07) is 7.90. The molecule has 1 aromatic carbocycles. The van der Waals surface area contributed by atoms with Crippen LogP contribution in [0.4, 0.5) is 0 Å². The van der Waals surface area contributed by atoms with E-state index in [-0.39, 0.29) is 23.3 Å². The highest BCUT2D eigenvalue weighted by molar-refractivity contribution is 7.07. The Labute approximate surface area is 192 Å². The number of primary amides is 1. The molecule has 0 radical (unpaired) electrons. The zero-order chi connectivity index (χ0) is 22.5. The third kappa shape index (κ3) is 3.70. The third-order valence-electron chi connectivity index (χ3n) is 8.09. The molecule has 3 N–H and O–H groups in total. The summed E-state index contributed by atoms with van der Waals surface area (Å²) in [5, 5.41) is 5.36. The maximum absolute atomic E-state index is 13.5. The van der Waals surface area contributed by atoms with Gasteiger partial charge in [-0.3, -0.25) is 9.59 Å². The number of nitrogens with two attached hydrogens (primary N) is 1. The molecular formula is C25H31N3O3S. The first-order valence-corrected chi connectivity index (χ1v) is 12.4. The number of aromatic nitrogens is 1. The Kier molecular flexibility index (Phi) is 5.27. The lowest BCUT2D eigenvalue weighted by Crippen LogP contribution is -2.63. The van der Waals surface area contributed by atoms with Crippen LogP contribution in [-0.4, -0.2) is 22.8 Å². The SMILES string of the molecule is CC(C)(C(=O)NC1C2CC3CC1CC(C(N)=O)(C3)C2)c1cccc(OCc2cscn2)c1. The van der Waals surface area contributed by atoms with Crippen LogP contribution in [0.25, 0.3) is 0 Å². The molecule has 6 nitrogen and oxygen atoms in total. The van der Waals surface area contributed by atoms with E-state index in [0.29, 0.717) is 24.4 Å². The molecule has 2 atom stereocenters. The molecule has 0 saturated heterocycles. The van der Waals surface area contributed by atoms with E-state index < -0.39 is 5.41 Å². The molecule has 1 aromatic heterocycles. The lowest BCUT2D eigenvalue weighted by molar-refractivity contribution is -0.148. The number of rotatable bonds is 7. The Morgan fingerprint density at radius 1 is 1.25 bits per heavy atom. The molecule has 32 heavy (non-hydrogen) atoms. The van der Waals surface area contributed by atoms with Gasteiger partial charge in [0, 0.05) is 16.8 Å². The summed E-state index contributed by atoms with van der Waals surface area (Å²) in [5.41, 5.74) is 8.38. The first-order chi connectivity index (χ1) is 15.3. The minimum atomic E-state index is -0.698. The van der Waals surface area contributed by atoms with E-state index in [1.165, 1.54) is 0 Å². The molecule has 4 aliphatic rings. The number of amides is 2. The fourth-order valence-corrected chi connectivity index (χ4v) is 7.01. The molecule has 2 aromatic rings. The average molecular weight is 454 g/mol. The molecule has 2 amide bonds. The van der Waals surface area contributed by atoms with Gasteiger partial charge in [0.25, 0.3) is 0 Å². The van der Waals surface area contributed by atoms with Crippen LogP contribution in [0.15, 0.2) is 35.2 Å². The van der Waals surface area contributed by atoms with Crippen LogP contribution < -0.4 is 15.8 Å². The van der Waals surface area contributed by atoms with Crippen molar-refractivity contribution in [2.24, 2.45) is 28.9 Å². The van der Waals surface area contributed by atoms with Crippen LogP contribution >= 0.6 is 11.3 Å². The highest BCUT2D eigenvalue weighted by Gasteiger charge is 2.58. The lowest BCUT2D eigenvalue weighted by atomic mass is 9.47. The summed E-state index contributed by atoms with van der Waals surface area (Å²) in [4.78, 5) is 29.9. The van der Waals surface area contributed by atoms with Crippen molar-refractivity contribution in [1.82, 2.24) is 10.3 Å². The monoisotopic (exact) mass is 453 g/mol. The van der Waals surface area contributed by atoms with Gasteiger partial charge in [-0.2, -0.15) is 0 Å². The molecule has 0 aliphatic heterocycles. The largest absolute Gasteiger partial charge is 0.487 e. The molecule has 6 rings (SSSR count). The van der Waals surface area contributed by atoms with Crippen LogP contribution in [-0.2, 0) is 21.6 Å². The van der Waals surface area contributed by atoms with Crippen molar-refractivity contribution >= 4 is 23.2 Å². The Balaban J connectivity index is 1.28. The number of thiazole rings is 1. The van der Waals surface area contributed by atoms with Gasteiger partial charge >= 0.3 is 0 Å². The summed E-state index contributed by atoms with van der Waals surface area (Å²) < 4.78 is 5.90. The Morgan fingerprint density at radius 3 is 2.66 bits per heavy atom. The number of carbonyl (C=O) groups is 2. The van der Waals surface area contributed by atoms with Crippen molar-refractivity contribution in [1.29, 1.82) is 0 Å². The van der Waals surface area contributed by atoms with E-state index in [1.807, 2.05) is 43.5 Å². The van der Waals surface area contributed by atoms with Gasteiger partial charge in [0.2, 0.25) is 11.8 Å². The van der Waals surface area contributed by atoms with E-state index in [1.54, 1.807) is 16.8 Å². The van der Waals surface area contributed by atoms with Gasteiger partial charge < -0.3 is 15.8 Å².